The zero-order chi connectivity index (χ0) is 24.4. The average molecular weight is 462 g/mol. The van der Waals surface area contributed by atoms with Gasteiger partial charge in [-0.05, 0) is 12.1 Å². The first-order valence-corrected chi connectivity index (χ1v) is 10.8. The van der Waals surface area contributed by atoms with Crippen LogP contribution in [0.1, 0.15) is 0 Å². The third-order valence-electron chi connectivity index (χ3n) is 5.61. The number of nitro groups is 2. The topological polar surface area (TPSA) is 104 Å². The van der Waals surface area contributed by atoms with E-state index in [9.17, 15) is 20.2 Å². The van der Waals surface area contributed by atoms with Gasteiger partial charge in [0.25, 0.3) is 11.4 Å². The minimum Gasteiger partial charge on any atom is -0.292 e. The van der Waals surface area contributed by atoms with E-state index in [4.69, 9.17) is 4.98 Å². The number of imidazole rings is 1. The monoisotopic (exact) mass is 462 g/mol. The molecule has 0 fully saturated rings. The molecule has 1 aromatic heterocycles. The first-order chi connectivity index (χ1) is 17.0. The van der Waals surface area contributed by atoms with Crippen LogP contribution in [0.15, 0.2) is 109 Å². The average Bonchev–Trinajstić information content (AvgIpc) is 3.30. The molecule has 5 rings (SSSR count). The van der Waals surface area contributed by atoms with Gasteiger partial charge in [-0.1, -0.05) is 72.8 Å². The summed E-state index contributed by atoms with van der Waals surface area (Å²) in [6.45, 7) is 0. The van der Waals surface area contributed by atoms with Gasteiger partial charge in [0.1, 0.15) is 5.82 Å². The van der Waals surface area contributed by atoms with Crippen LogP contribution in [0.3, 0.4) is 0 Å². The van der Waals surface area contributed by atoms with Gasteiger partial charge < -0.3 is 0 Å². The smallest absolute Gasteiger partial charge is 0.270 e. The highest BCUT2D eigenvalue weighted by Gasteiger charge is 2.23. The fourth-order valence-electron chi connectivity index (χ4n) is 4.01. The van der Waals surface area contributed by atoms with Crippen LogP contribution >= 0.6 is 0 Å². The number of nitrogens with zero attached hydrogens (tertiary/aromatic N) is 4. The third kappa shape index (κ3) is 4.16. The second-order valence-electron chi connectivity index (χ2n) is 7.78. The van der Waals surface area contributed by atoms with Crippen LogP contribution in [0.4, 0.5) is 11.4 Å². The molecule has 8 nitrogen and oxygen atoms in total. The zero-order valence-corrected chi connectivity index (χ0v) is 18.3. The lowest BCUT2D eigenvalue weighted by molar-refractivity contribution is -0.385. The van der Waals surface area contributed by atoms with E-state index in [-0.39, 0.29) is 11.4 Å². The molecule has 0 saturated carbocycles. The minimum atomic E-state index is -0.452. The minimum absolute atomic E-state index is 0.0321. The summed E-state index contributed by atoms with van der Waals surface area (Å²) in [5.41, 5.74) is 4.33. The first-order valence-electron chi connectivity index (χ1n) is 10.8. The van der Waals surface area contributed by atoms with Crippen LogP contribution in [0.5, 0.6) is 0 Å². The van der Waals surface area contributed by atoms with Crippen LogP contribution in [-0.4, -0.2) is 19.4 Å². The Hall–Kier alpha value is -5.11. The van der Waals surface area contributed by atoms with Crippen molar-refractivity contribution in [2.24, 2.45) is 0 Å². The number of benzene rings is 4. The van der Waals surface area contributed by atoms with E-state index in [1.807, 2.05) is 65.2 Å². The van der Waals surface area contributed by atoms with Crippen molar-refractivity contribution in [3.8, 4) is 39.6 Å². The van der Waals surface area contributed by atoms with Gasteiger partial charge in [-0.2, -0.15) is 0 Å². The highest BCUT2D eigenvalue weighted by atomic mass is 16.6. The van der Waals surface area contributed by atoms with E-state index in [1.165, 1.54) is 24.3 Å². The fraction of sp³-hybridized carbons (Fsp3) is 0. The maximum atomic E-state index is 11.5. The second kappa shape index (κ2) is 9.03. The van der Waals surface area contributed by atoms with E-state index >= 15 is 0 Å². The Morgan fingerprint density at radius 1 is 0.600 bits per heavy atom. The van der Waals surface area contributed by atoms with Gasteiger partial charge in [-0.15, -0.1) is 0 Å². The van der Waals surface area contributed by atoms with Gasteiger partial charge in [0.05, 0.1) is 21.2 Å². The van der Waals surface area contributed by atoms with Crippen molar-refractivity contribution >= 4 is 11.4 Å². The van der Waals surface area contributed by atoms with Gasteiger partial charge >= 0.3 is 0 Å². The molecule has 1 heterocycles. The van der Waals surface area contributed by atoms with Crippen molar-refractivity contribution in [1.29, 1.82) is 0 Å². The van der Waals surface area contributed by atoms with E-state index < -0.39 is 9.85 Å². The Bertz CT molecular complexity index is 1530. The highest BCUT2D eigenvalue weighted by molar-refractivity contribution is 5.84. The molecule has 0 saturated heterocycles. The van der Waals surface area contributed by atoms with Crippen LogP contribution in [0.2, 0.25) is 0 Å². The molecule has 0 aliphatic heterocycles. The molecular formula is C27H18N4O4. The Morgan fingerprint density at radius 2 is 1.17 bits per heavy atom. The predicted octanol–water partition coefficient (Wildman–Crippen LogP) is 6.69. The maximum Gasteiger partial charge on any atom is 0.270 e. The van der Waals surface area contributed by atoms with Crippen molar-refractivity contribution in [3.63, 3.8) is 0 Å². The Kier molecular flexibility index (Phi) is 5.60. The quantitative estimate of drug-likeness (QED) is 0.206. The van der Waals surface area contributed by atoms with Crippen molar-refractivity contribution in [3.05, 3.63) is 129 Å². The molecule has 0 bridgehead atoms. The molecule has 0 radical (unpaired) electrons. The number of rotatable bonds is 6. The molecule has 5 aromatic rings. The van der Waals surface area contributed by atoms with Gasteiger partial charge in [-0.3, -0.25) is 24.8 Å². The van der Waals surface area contributed by atoms with E-state index in [0.717, 1.165) is 16.8 Å². The molecule has 8 heteroatoms. The van der Waals surface area contributed by atoms with Crippen LogP contribution in [0.25, 0.3) is 39.6 Å². The summed E-state index contributed by atoms with van der Waals surface area (Å²) in [4.78, 5) is 26.8. The Labute approximate surface area is 200 Å². The lowest BCUT2D eigenvalue weighted by atomic mass is 10.0. The van der Waals surface area contributed by atoms with Gasteiger partial charge in [-0.25, -0.2) is 4.98 Å². The summed E-state index contributed by atoms with van der Waals surface area (Å²) in [5, 5.41) is 22.7. The largest absolute Gasteiger partial charge is 0.292 e. The molecule has 0 unspecified atom stereocenters. The lowest BCUT2D eigenvalue weighted by Gasteiger charge is -2.13. The number of hydrogen-bond acceptors (Lipinski definition) is 5. The molecule has 0 amide bonds. The SMILES string of the molecule is O=[N+]([O-])c1ccc(-n2c(-c3cccc([N+](=O)[O-])c3)nc(-c3ccccc3)c2-c2ccccc2)cc1. The lowest BCUT2D eigenvalue weighted by Crippen LogP contribution is -2.01. The van der Waals surface area contributed by atoms with Gasteiger partial charge in [0.15, 0.2) is 0 Å². The summed E-state index contributed by atoms with van der Waals surface area (Å²) in [7, 11) is 0. The second-order valence-corrected chi connectivity index (χ2v) is 7.78. The zero-order valence-electron chi connectivity index (χ0n) is 18.3. The maximum absolute atomic E-state index is 11.5. The molecule has 0 aliphatic carbocycles. The molecule has 4 aromatic carbocycles. The normalized spacial score (nSPS) is 10.7. The first kappa shape index (κ1) is 21.7. The van der Waals surface area contributed by atoms with Gasteiger partial charge in [0.2, 0.25) is 0 Å². The summed E-state index contributed by atoms with van der Waals surface area (Å²) < 4.78 is 1.89. The summed E-state index contributed by atoms with van der Waals surface area (Å²) in [6.07, 6.45) is 0. The molecule has 0 N–H and O–H groups in total. The summed E-state index contributed by atoms with van der Waals surface area (Å²) >= 11 is 0. The van der Waals surface area contributed by atoms with Crippen LogP contribution < -0.4 is 0 Å². The van der Waals surface area contributed by atoms with Crippen LogP contribution in [0, 0.1) is 20.2 Å². The van der Waals surface area contributed by atoms with Crippen LogP contribution in [-0.2, 0) is 0 Å². The van der Waals surface area contributed by atoms with Gasteiger partial charge in [0, 0.05) is 46.6 Å². The number of aromatic nitrogens is 2. The molecule has 170 valence electrons. The number of hydrogen-bond donors (Lipinski definition) is 0. The number of nitro benzene ring substituents is 2. The van der Waals surface area contributed by atoms with Crippen molar-refractivity contribution in [1.82, 2.24) is 9.55 Å². The third-order valence-corrected chi connectivity index (χ3v) is 5.61. The standard InChI is InChI=1S/C27H18N4O4/c32-30(33)23-16-14-22(15-17-23)29-26(20-10-5-2-6-11-20)25(19-8-3-1-4-9-19)28-27(29)21-12-7-13-24(18-21)31(34)35/h1-18H. The highest BCUT2D eigenvalue weighted by Crippen LogP contribution is 2.39. The summed E-state index contributed by atoms with van der Waals surface area (Å²) in [5.74, 6) is 0.486. The molecule has 0 spiro atoms. The van der Waals surface area contributed by atoms with E-state index in [0.29, 0.717) is 22.8 Å². The molecule has 0 aliphatic rings. The van der Waals surface area contributed by atoms with E-state index in [1.54, 1.807) is 24.3 Å². The van der Waals surface area contributed by atoms with E-state index in [2.05, 4.69) is 0 Å². The fourth-order valence-corrected chi connectivity index (χ4v) is 4.01. The van der Waals surface area contributed by atoms with Crippen molar-refractivity contribution in [2.45, 2.75) is 0 Å². The summed E-state index contributed by atoms with van der Waals surface area (Å²) in [6, 6.07) is 31.8. The number of non-ortho nitro benzene ring substituents is 2. The molecule has 0 atom stereocenters. The Balaban J connectivity index is 1.86. The predicted molar refractivity (Wildman–Crippen MR) is 133 cm³/mol. The van der Waals surface area contributed by atoms with Crippen molar-refractivity contribution in [2.75, 3.05) is 0 Å². The Morgan fingerprint density at radius 3 is 1.77 bits per heavy atom. The molecular weight excluding hydrogens is 444 g/mol. The van der Waals surface area contributed by atoms with Crippen molar-refractivity contribution < 1.29 is 9.85 Å². The molecule has 35 heavy (non-hydrogen) atoms.